The van der Waals surface area contributed by atoms with Gasteiger partial charge >= 0.3 is 17.8 Å². The van der Waals surface area contributed by atoms with Crippen LogP contribution in [0.15, 0.2) is 53.3 Å². The van der Waals surface area contributed by atoms with Crippen molar-refractivity contribution in [3.63, 3.8) is 0 Å². The number of carbonyl (C=O) groups is 1. The summed E-state index contributed by atoms with van der Waals surface area (Å²) < 4.78 is 47.6. The molecule has 0 saturated carbocycles. The van der Waals surface area contributed by atoms with Gasteiger partial charge in [-0.2, -0.15) is 13.2 Å². The van der Waals surface area contributed by atoms with Gasteiger partial charge in [-0.15, -0.1) is 10.2 Å². The molecule has 15 heteroatoms. The Morgan fingerprint density at radius 3 is 2.38 bits per heavy atom. The summed E-state index contributed by atoms with van der Waals surface area (Å²) in [7, 11) is 0. The number of alkyl halides is 3. The number of aromatic nitrogens is 6. The molecule has 0 aliphatic heterocycles. The third kappa shape index (κ3) is 6.32. The van der Waals surface area contributed by atoms with Crippen molar-refractivity contribution >= 4 is 29.2 Å². The Morgan fingerprint density at radius 2 is 1.77 bits per heavy atom. The first-order chi connectivity index (χ1) is 18.3. The monoisotopic (exact) mass is 584 g/mol. The van der Waals surface area contributed by atoms with Crippen LogP contribution in [0.5, 0.6) is 0 Å². The van der Waals surface area contributed by atoms with Crippen LogP contribution in [0, 0.1) is 0 Å². The first-order valence-electron chi connectivity index (χ1n) is 11.4. The number of ether oxygens (including phenoxy) is 1. The molecule has 0 radical (unpaired) electrons. The van der Waals surface area contributed by atoms with Gasteiger partial charge in [0.1, 0.15) is 6.54 Å². The topological polar surface area (TPSA) is 117 Å². The fraction of sp³-hybridized carbons (Fsp3) is 0.292. The number of carbonyl (C=O) groups excluding carboxylic acids is 1. The highest BCUT2D eigenvalue weighted by atomic mass is 35.5. The zero-order valence-electron chi connectivity index (χ0n) is 20.4. The summed E-state index contributed by atoms with van der Waals surface area (Å²) in [6, 6.07) is 12.6. The van der Waals surface area contributed by atoms with Crippen LogP contribution in [0.4, 0.5) is 13.2 Å². The molecule has 2 heterocycles. The molecule has 39 heavy (non-hydrogen) atoms. The van der Waals surface area contributed by atoms with Crippen molar-refractivity contribution < 1.29 is 27.8 Å². The number of hydrogen-bond acceptors (Lipinski definition) is 7. The summed E-state index contributed by atoms with van der Waals surface area (Å²) in [4.78, 5) is 29.2. The quantitative estimate of drug-likeness (QED) is 0.308. The van der Waals surface area contributed by atoms with Gasteiger partial charge in [0.15, 0.2) is 29.7 Å². The molecule has 0 saturated heterocycles. The number of para-hydroxylation sites is 1. The van der Waals surface area contributed by atoms with Crippen molar-refractivity contribution in [2.75, 3.05) is 0 Å². The van der Waals surface area contributed by atoms with Gasteiger partial charge < -0.3 is 9.84 Å². The number of aliphatic hydroxyl groups excluding tert-OH is 1. The highest BCUT2D eigenvalue weighted by molar-refractivity contribution is 6.32. The van der Waals surface area contributed by atoms with E-state index in [1.807, 2.05) is 0 Å². The Labute approximate surface area is 229 Å². The molecular weight excluding hydrogens is 564 g/mol. The average Bonchev–Trinajstić information content (AvgIpc) is 3.41. The van der Waals surface area contributed by atoms with E-state index in [2.05, 4.69) is 15.2 Å². The smallest absolute Gasteiger partial charge is 0.416 e. The van der Waals surface area contributed by atoms with Gasteiger partial charge in [-0.25, -0.2) is 19.1 Å². The lowest BCUT2D eigenvalue weighted by Gasteiger charge is -2.15. The van der Waals surface area contributed by atoms with Crippen molar-refractivity contribution in [2.24, 2.45) is 0 Å². The van der Waals surface area contributed by atoms with Crippen LogP contribution in [0.1, 0.15) is 31.6 Å². The van der Waals surface area contributed by atoms with Crippen molar-refractivity contribution in [1.29, 1.82) is 0 Å². The second-order valence-electron chi connectivity index (χ2n) is 8.44. The number of halogens is 5. The Kier molecular flexibility index (Phi) is 8.14. The average molecular weight is 585 g/mol. The maximum Gasteiger partial charge on any atom is 0.416 e. The molecule has 0 amide bonds. The number of esters is 1. The summed E-state index contributed by atoms with van der Waals surface area (Å²) >= 11 is 12.3. The molecule has 2 aromatic carbocycles. The van der Waals surface area contributed by atoms with Crippen LogP contribution in [-0.2, 0) is 22.6 Å². The summed E-state index contributed by atoms with van der Waals surface area (Å²) in [6.07, 6.45) is -8.64. The molecule has 206 valence electrons. The number of nitrogens with zero attached hydrogens (tertiary/aromatic N) is 6. The van der Waals surface area contributed by atoms with E-state index < -0.39 is 36.6 Å². The van der Waals surface area contributed by atoms with Gasteiger partial charge in [-0.05, 0) is 43.3 Å². The minimum absolute atomic E-state index is 0.0368. The normalized spacial score (nSPS) is 13.3. The van der Waals surface area contributed by atoms with E-state index in [1.54, 1.807) is 31.2 Å². The largest absolute Gasteiger partial charge is 0.455 e. The second-order valence-corrected chi connectivity index (χ2v) is 9.28. The van der Waals surface area contributed by atoms with Gasteiger partial charge in [0.05, 0.1) is 17.3 Å². The lowest BCUT2D eigenvalue weighted by molar-refractivity contribution is -0.207. The fourth-order valence-electron chi connectivity index (χ4n) is 3.73. The summed E-state index contributed by atoms with van der Waals surface area (Å²) in [5.74, 6) is -0.469. The van der Waals surface area contributed by atoms with E-state index in [0.717, 1.165) is 9.25 Å². The van der Waals surface area contributed by atoms with Crippen LogP contribution in [0.3, 0.4) is 0 Å². The maximum atomic E-state index is 13.2. The third-order valence-corrected chi connectivity index (χ3v) is 6.08. The predicted molar refractivity (Wildman–Crippen MR) is 135 cm³/mol. The second kappa shape index (κ2) is 11.2. The molecule has 4 rings (SSSR count). The predicted octanol–water partition coefficient (Wildman–Crippen LogP) is 4.19. The van der Waals surface area contributed by atoms with Crippen molar-refractivity contribution in [1.82, 2.24) is 29.1 Å². The zero-order chi connectivity index (χ0) is 28.5. The molecule has 4 aromatic rings. The standard InChI is InChI=1S/C24H21Cl2F3N6O4/c1-13(39-14(2)36)21-30-20(31-35(21)18-6-4-3-5-17(18)26)12-34-23(38)33(11-19(37)24(27,28)29)22(32-34)15-7-9-16(25)10-8-15/h3-10,13,19,37H,11-12H2,1-2H3/t13?,19-/m1/s1. The van der Waals surface area contributed by atoms with Crippen LogP contribution < -0.4 is 5.69 Å². The maximum absolute atomic E-state index is 13.2. The van der Waals surface area contributed by atoms with Gasteiger partial charge in [-0.1, -0.05) is 35.3 Å². The van der Waals surface area contributed by atoms with E-state index in [4.69, 9.17) is 27.9 Å². The van der Waals surface area contributed by atoms with Crippen molar-refractivity contribution in [3.8, 4) is 17.1 Å². The van der Waals surface area contributed by atoms with E-state index in [-0.39, 0.29) is 24.0 Å². The lowest BCUT2D eigenvalue weighted by Crippen LogP contribution is -2.37. The van der Waals surface area contributed by atoms with Gasteiger partial charge in [0.25, 0.3) is 0 Å². The minimum atomic E-state index is -4.96. The van der Waals surface area contributed by atoms with Gasteiger partial charge in [0.2, 0.25) is 0 Å². The van der Waals surface area contributed by atoms with E-state index >= 15 is 0 Å². The Bertz CT molecular complexity index is 1550. The van der Waals surface area contributed by atoms with Gasteiger partial charge in [-0.3, -0.25) is 9.36 Å². The number of aliphatic hydroxyl groups is 1. The molecule has 0 bridgehead atoms. The fourth-order valence-corrected chi connectivity index (χ4v) is 4.07. The van der Waals surface area contributed by atoms with E-state index in [1.165, 1.54) is 35.9 Å². The molecule has 1 N–H and O–H groups in total. The highest BCUT2D eigenvalue weighted by Crippen LogP contribution is 2.26. The Morgan fingerprint density at radius 1 is 1.10 bits per heavy atom. The van der Waals surface area contributed by atoms with Crippen molar-refractivity contribution in [3.05, 3.63) is 80.7 Å². The van der Waals surface area contributed by atoms with E-state index in [0.29, 0.717) is 21.3 Å². The summed E-state index contributed by atoms with van der Waals surface area (Å²) in [5, 5.41) is 19.0. The molecular formula is C24H21Cl2F3N6O4. The lowest BCUT2D eigenvalue weighted by atomic mass is 10.2. The molecule has 2 atom stereocenters. The van der Waals surface area contributed by atoms with Crippen molar-refractivity contribution in [2.45, 2.75) is 45.3 Å². The minimum Gasteiger partial charge on any atom is -0.455 e. The molecule has 2 aromatic heterocycles. The Hall–Kier alpha value is -3.68. The molecule has 0 spiro atoms. The Balaban J connectivity index is 1.79. The molecule has 10 nitrogen and oxygen atoms in total. The van der Waals surface area contributed by atoms with Crippen LogP contribution in [0.25, 0.3) is 17.1 Å². The number of benzene rings is 2. The van der Waals surface area contributed by atoms with Crippen LogP contribution in [0.2, 0.25) is 10.0 Å². The highest BCUT2D eigenvalue weighted by Gasteiger charge is 2.39. The first-order valence-corrected chi connectivity index (χ1v) is 12.2. The number of rotatable bonds is 8. The summed E-state index contributed by atoms with van der Waals surface area (Å²) in [5.41, 5.74) is -0.227. The van der Waals surface area contributed by atoms with E-state index in [9.17, 15) is 27.9 Å². The zero-order valence-corrected chi connectivity index (χ0v) is 21.9. The van der Waals surface area contributed by atoms with Gasteiger partial charge in [0, 0.05) is 17.5 Å². The number of hydrogen-bond donors (Lipinski definition) is 1. The first kappa shape index (κ1) is 28.3. The molecule has 1 unspecified atom stereocenters. The molecule has 0 aliphatic carbocycles. The molecule has 0 aliphatic rings. The van der Waals surface area contributed by atoms with Crippen LogP contribution in [-0.4, -0.2) is 52.5 Å². The summed E-state index contributed by atoms with van der Waals surface area (Å²) in [6.45, 7) is 1.36. The third-order valence-electron chi connectivity index (χ3n) is 5.51. The van der Waals surface area contributed by atoms with Crippen LogP contribution >= 0.6 is 23.2 Å². The SMILES string of the molecule is CC(=O)OC(C)c1nc(Cn2nc(-c3ccc(Cl)cc3)n(C[C@@H](O)C(F)(F)F)c2=O)nn1-c1ccccc1Cl. The molecule has 0 fully saturated rings.